The highest BCUT2D eigenvalue weighted by molar-refractivity contribution is 6.28. The Morgan fingerprint density at radius 2 is 2.42 bits per heavy atom. The number of primary amides is 1. The summed E-state index contributed by atoms with van der Waals surface area (Å²) >= 11 is 5.68. The highest BCUT2D eigenvalue weighted by Crippen LogP contribution is 2.52. The second-order valence-corrected chi connectivity index (χ2v) is 5.75. The van der Waals surface area contributed by atoms with Crippen molar-refractivity contribution in [2.75, 3.05) is 5.32 Å². The third kappa shape index (κ3) is 2.04. The van der Waals surface area contributed by atoms with Crippen molar-refractivity contribution in [2.24, 2.45) is 17.6 Å². The van der Waals surface area contributed by atoms with E-state index in [1.165, 1.54) is 0 Å². The summed E-state index contributed by atoms with van der Waals surface area (Å²) in [7, 11) is 0. The monoisotopic (exact) mass is 284 g/mol. The average Bonchev–Trinajstić information content (AvgIpc) is 2.91. The molecule has 3 N–H and O–H groups in total. The maximum atomic E-state index is 13.7. The van der Waals surface area contributed by atoms with Gasteiger partial charge in [-0.3, -0.25) is 4.79 Å². The molecule has 0 saturated heterocycles. The van der Waals surface area contributed by atoms with Gasteiger partial charge in [-0.15, -0.1) is 0 Å². The highest BCUT2D eigenvalue weighted by atomic mass is 35.5. The van der Waals surface area contributed by atoms with Crippen molar-refractivity contribution in [3.05, 3.63) is 17.3 Å². The van der Waals surface area contributed by atoms with Gasteiger partial charge in [0.05, 0.1) is 17.7 Å². The van der Waals surface area contributed by atoms with Crippen LogP contribution in [0.2, 0.25) is 5.28 Å². The zero-order valence-corrected chi connectivity index (χ0v) is 11.0. The van der Waals surface area contributed by atoms with Crippen molar-refractivity contribution in [3.63, 3.8) is 0 Å². The molecular weight excluding hydrogens is 271 g/mol. The lowest BCUT2D eigenvalue weighted by atomic mass is 9.82. The van der Waals surface area contributed by atoms with Crippen LogP contribution in [-0.2, 0) is 4.79 Å². The van der Waals surface area contributed by atoms with Gasteiger partial charge in [-0.05, 0) is 43.2 Å². The predicted molar refractivity (Wildman–Crippen MR) is 68.0 cm³/mol. The lowest BCUT2D eigenvalue weighted by molar-refractivity contribution is -0.123. The number of fused-ring (bicyclic) bond motifs is 2. The summed E-state index contributed by atoms with van der Waals surface area (Å²) in [6, 6.07) is 0. The molecule has 2 saturated carbocycles. The first-order valence-electron chi connectivity index (χ1n) is 6.26. The minimum atomic E-state index is -0.572. The van der Waals surface area contributed by atoms with Crippen LogP contribution in [0.4, 0.5) is 10.2 Å². The number of rotatable bonds is 3. The van der Waals surface area contributed by atoms with E-state index in [1.807, 2.05) is 0 Å². The van der Waals surface area contributed by atoms with Crippen molar-refractivity contribution >= 4 is 23.3 Å². The van der Waals surface area contributed by atoms with E-state index in [9.17, 15) is 9.18 Å². The third-order valence-corrected chi connectivity index (χ3v) is 4.50. The van der Waals surface area contributed by atoms with Gasteiger partial charge in [-0.1, -0.05) is 0 Å². The fourth-order valence-corrected chi connectivity index (χ4v) is 3.65. The first kappa shape index (κ1) is 12.6. The summed E-state index contributed by atoms with van der Waals surface area (Å²) < 4.78 is 13.7. The molecule has 19 heavy (non-hydrogen) atoms. The SMILES string of the molecule is NC(=O)C1CC2CCC1(Nc1nc(Cl)ncc1F)C2. The topological polar surface area (TPSA) is 80.9 Å². The number of amides is 1. The van der Waals surface area contributed by atoms with E-state index in [2.05, 4.69) is 15.3 Å². The Bertz CT molecular complexity index is 540. The minimum Gasteiger partial charge on any atom is -0.369 e. The standard InChI is InChI=1S/C12H14ClFN4O/c13-11-16-5-8(14)10(17-11)18-12-2-1-6(4-12)3-7(12)9(15)19/h5-7H,1-4H2,(H2,15,19)(H,16,17,18). The first-order valence-corrected chi connectivity index (χ1v) is 6.63. The molecule has 3 unspecified atom stereocenters. The van der Waals surface area contributed by atoms with Crippen molar-refractivity contribution in [3.8, 4) is 0 Å². The van der Waals surface area contributed by atoms with Gasteiger partial charge in [-0.25, -0.2) is 9.37 Å². The van der Waals surface area contributed by atoms with E-state index in [-0.39, 0.29) is 22.9 Å². The smallest absolute Gasteiger partial charge is 0.224 e. The van der Waals surface area contributed by atoms with Crippen LogP contribution < -0.4 is 11.1 Å². The maximum Gasteiger partial charge on any atom is 0.224 e. The summed E-state index contributed by atoms with van der Waals surface area (Å²) in [5.74, 6) is -0.661. The second-order valence-electron chi connectivity index (χ2n) is 5.42. The lowest BCUT2D eigenvalue weighted by Crippen LogP contribution is -2.47. The number of nitrogens with two attached hydrogens (primary N) is 1. The summed E-state index contributed by atoms with van der Waals surface area (Å²) in [6.45, 7) is 0. The Hall–Kier alpha value is -1.43. The molecule has 3 atom stereocenters. The van der Waals surface area contributed by atoms with Gasteiger partial charge in [0.15, 0.2) is 11.6 Å². The molecule has 3 rings (SSSR count). The number of aromatic nitrogens is 2. The van der Waals surface area contributed by atoms with Gasteiger partial charge in [0.25, 0.3) is 0 Å². The normalized spacial score (nSPS) is 32.5. The number of halogens is 2. The Kier molecular flexibility index (Phi) is 2.85. The van der Waals surface area contributed by atoms with Crippen molar-refractivity contribution in [2.45, 2.75) is 31.2 Å². The Morgan fingerprint density at radius 3 is 3.11 bits per heavy atom. The number of carbonyl (C=O) groups excluding carboxylic acids is 1. The number of nitrogens with one attached hydrogen (secondary N) is 1. The van der Waals surface area contributed by atoms with Crippen LogP contribution in [0.25, 0.3) is 0 Å². The Balaban J connectivity index is 1.92. The number of hydrogen-bond donors (Lipinski definition) is 2. The molecule has 0 spiro atoms. The van der Waals surface area contributed by atoms with E-state index in [1.54, 1.807) is 0 Å². The molecule has 0 aromatic carbocycles. The molecule has 0 aliphatic heterocycles. The summed E-state index contributed by atoms with van der Waals surface area (Å²) in [4.78, 5) is 19.0. The number of anilines is 1. The van der Waals surface area contributed by atoms with Crippen molar-refractivity contribution < 1.29 is 9.18 Å². The molecule has 5 nitrogen and oxygen atoms in total. The van der Waals surface area contributed by atoms with E-state index in [0.29, 0.717) is 5.92 Å². The first-order chi connectivity index (χ1) is 9.00. The average molecular weight is 285 g/mol. The van der Waals surface area contributed by atoms with Crippen LogP contribution in [-0.4, -0.2) is 21.4 Å². The van der Waals surface area contributed by atoms with Gasteiger partial charge in [-0.2, -0.15) is 4.98 Å². The van der Waals surface area contributed by atoms with Crippen LogP contribution in [0.15, 0.2) is 6.20 Å². The number of nitrogens with zero attached hydrogens (tertiary/aromatic N) is 2. The van der Waals surface area contributed by atoms with Crippen LogP contribution in [0.5, 0.6) is 0 Å². The third-order valence-electron chi connectivity index (χ3n) is 4.31. The van der Waals surface area contributed by atoms with Crippen LogP contribution in [0, 0.1) is 17.7 Å². The molecule has 2 bridgehead atoms. The molecule has 2 aliphatic carbocycles. The zero-order chi connectivity index (χ0) is 13.6. The van der Waals surface area contributed by atoms with E-state index >= 15 is 0 Å². The molecule has 2 aliphatic rings. The highest BCUT2D eigenvalue weighted by Gasteiger charge is 2.54. The molecule has 7 heteroatoms. The molecule has 1 aromatic rings. The van der Waals surface area contributed by atoms with Crippen molar-refractivity contribution in [1.82, 2.24) is 9.97 Å². The van der Waals surface area contributed by atoms with E-state index in [0.717, 1.165) is 31.9 Å². The summed E-state index contributed by atoms with van der Waals surface area (Å²) in [5.41, 5.74) is 4.98. The van der Waals surface area contributed by atoms with E-state index < -0.39 is 11.4 Å². The molecule has 0 radical (unpaired) electrons. The fourth-order valence-electron chi connectivity index (χ4n) is 3.52. The predicted octanol–water partition coefficient (Wildman–Crippen LogP) is 1.73. The van der Waals surface area contributed by atoms with Gasteiger partial charge in [0, 0.05) is 0 Å². The zero-order valence-electron chi connectivity index (χ0n) is 10.2. The largest absolute Gasteiger partial charge is 0.369 e. The second kappa shape index (κ2) is 4.30. The molecule has 102 valence electrons. The summed E-state index contributed by atoms with van der Waals surface area (Å²) in [6.07, 6.45) is 4.43. The van der Waals surface area contributed by atoms with Gasteiger partial charge < -0.3 is 11.1 Å². The van der Waals surface area contributed by atoms with Crippen molar-refractivity contribution in [1.29, 1.82) is 0 Å². The summed E-state index contributed by atoms with van der Waals surface area (Å²) in [5, 5.41) is 3.05. The molecular formula is C12H14ClFN4O. The Morgan fingerprint density at radius 1 is 1.63 bits per heavy atom. The number of carbonyl (C=O) groups is 1. The maximum absolute atomic E-state index is 13.7. The van der Waals surface area contributed by atoms with E-state index in [4.69, 9.17) is 17.3 Å². The quantitative estimate of drug-likeness (QED) is 0.828. The van der Waals surface area contributed by atoms with Gasteiger partial charge >= 0.3 is 0 Å². The fraction of sp³-hybridized carbons (Fsp3) is 0.583. The minimum absolute atomic E-state index is 0.0246. The van der Waals surface area contributed by atoms with Gasteiger partial charge in [0.2, 0.25) is 11.2 Å². The number of hydrogen-bond acceptors (Lipinski definition) is 4. The lowest BCUT2D eigenvalue weighted by Gasteiger charge is -2.34. The van der Waals surface area contributed by atoms with Crippen LogP contribution in [0.1, 0.15) is 25.7 Å². The van der Waals surface area contributed by atoms with Crippen LogP contribution in [0.3, 0.4) is 0 Å². The van der Waals surface area contributed by atoms with Gasteiger partial charge in [0.1, 0.15) is 0 Å². The molecule has 2 fully saturated rings. The Labute approximate surface area is 114 Å². The molecule has 1 aromatic heterocycles. The van der Waals surface area contributed by atoms with Crippen LogP contribution >= 0.6 is 11.6 Å². The molecule has 1 amide bonds. The molecule has 1 heterocycles.